The number of piperazine rings is 1. The van der Waals surface area contributed by atoms with Crippen LogP contribution < -0.4 is 16.0 Å². The van der Waals surface area contributed by atoms with Gasteiger partial charge in [-0.15, -0.1) is 0 Å². The molecule has 4 bridgehead atoms. The number of aryl methyl sites for hydroxylation is 1. The van der Waals surface area contributed by atoms with Gasteiger partial charge in [0.2, 0.25) is 11.8 Å². The monoisotopic (exact) mass is 411 g/mol. The van der Waals surface area contributed by atoms with Crippen molar-refractivity contribution in [3.05, 3.63) is 23.9 Å². The van der Waals surface area contributed by atoms with Crippen LogP contribution in [0.5, 0.6) is 0 Å². The lowest BCUT2D eigenvalue weighted by Gasteiger charge is -2.58. The van der Waals surface area contributed by atoms with E-state index in [0.29, 0.717) is 24.3 Å². The minimum atomic E-state index is -0.294. The summed E-state index contributed by atoms with van der Waals surface area (Å²) in [7, 11) is 0. The number of carbonyl (C=O) groups excluding carboxylic acids is 2. The fraction of sp³-hybridized carbons (Fsp3) is 0.696. The third-order valence-corrected chi connectivity index (χ3v) is 8.08. The summed E-state index contributed by atoms with van der Waals surface area (Å²) in [5.74, 6) is 2.47. The molecule has 2 amide bonds. The molecule has 7 heteroatoms. The molecule has 4 saturated carbocycles. The smallest absolute Gasteiger partial charge is 0.234 e. The molecule has 7 nitrogen and oxygen atoms in total. The minimum absolute atomic E-state index is 0.118. The first-order valence-corrected chi connectivity index (χ1v) is 11.4. The van der Waals surface area contributed by atoms with Gasteiger partial charge in [0.1, 0.15) is 5.82 Å². The van der Waals surface area contributed by atoms with Gasteiger partial charge < -0.3 is 16.0 Å². The molecule has 1 aromatic rings. The number of hydrogen-bond acceptors (Lipinski definition) is 5. The number of carbonyl (C=O) groups is 2. The molecule has 4 aliphatic carbocycles. The van der Waals surface area contributed by atoms with Gasteiger partial charge in [-0.05, 0) is 68.4 Å². The van der Waals surface area contributed by atoms with Crippen molar-refractivity contribution in [2.75, 3.05) is 37.6 Å². The Balaban J connectivity index is 1.13. The van der Waals surface area contributed by atoms with Crippen molar-refractivity contribution in [3.8, 4) is 0 Å². The van der Waals surface area contributed by atoms with E-state index in [4.69, 9.17) is 5.73 Å². The second-order valence-corrected chi connectivity index (χ2v) is 10.2. The summed E-state index contributed by atoms with van der Waals surface area (Å²) >= 11 is 0. The molecule has 1 saturated heterocycles. The molecule has 2 atom stereocenters. The van der Waals surface area contributed by atoms with Crippen molar-refractivity contribution in [1.29, 1.82) is 0 Å². The lowest BCUT2D eigenvalue weighted by atomic mass is 9.47. The maximum absolute atomic E-state index is 12.8. The average Bonchev–Trinajstić information content (AvgIpc) is 2.71. The molecule has 0 spiro atoms. The highest BCUT2D eigenvalue weighted by Gasteiger charge is 2.58. The molecule has 1 aliphatic heterocycles. The molecule has 30 heavy (non-hydrogen) atoms. The molecule has 6 rings (SSSR count). The third kappa shape index (κ3) is 3.57. The summed E-state index contributed by atoms with van der Waals surface area (Å²) < 4.78 is 0. The van der Waals surface area contributed by atoms with E-state index < -0.39 is 0 Å². The van der Waals surface area contributed by atoms with Crippen LogP contribution in [0.25, 0.3) is 0 Å². The zero-order chi connectivity index (χ0) is 20.9. The molecule has 1 aromatic heterocycles. The van der Waals surface area contributed by atoms with Crippen molar-refractivity contribution in [2.24, 2.45) is 28.9 Å². The molecule has 5 fully saturated rings. The molecule has 3 N–H and O–H groups in total. The second kappa shape index (κ2) is 7.52. The van der Waals surface area contributed by atoms with E-state index in [1.165, 1.54) is 5.56 Å². The number of anilines is 1. The molecular formula is C23H33N5O2. The van der Waals surface area contributed by atoms with Gasteiger partial charge >= 0.3 is 0 Å². The lowest BCUT2D eigenvalue weighted by Crippen LogP contribution is -2.62. The summed E-state index contributed by atoms with van der Waals surface area (Å²) in [6, 6.07) is 4.39. The van der Waals surface area contributed by atoms with Gasteiger partial charge in [0.15, 0.2) is 0 Å². The Bertz CT molecular complexity index is 801. The molecule has 162 valence electrons. The molecular weight excluding hydrogens is 378 g/mol. The number of nitrogens with two attached hydrogens (primary N) is 1. The maximum atomic E-state index is 12.8. The van der Waals surface area contributed by atoms with E-state index >= 15 is 0 Å². The SMILES string of the molecule is Cc1ccc(N2CCN(CC(=O)N[C@H]3C4CC5CC3C[C@@](C(N)=O)(C5)C4)CC2)nc1. The Labute approximate surface area is 178 Å². The van der Waals surface area contributed by atoms with Crippen LogP contribution in [0.3, 0.4) is 0 Å². The first kappa shape index (κ1) is 19.8. The number of amides is 2. The molecule has 0 radical (unpaired) electrons. The number of hydrogen-bond donors (Lipinski definition) is 2. The van der Waals surface area contributed by atoms with E-state index in [0.717, 1.165) is 64.1 Å². The highest BCUT2D eigenvalue weighted by atomic mass is 16.2. The first-order valence-electron chi connectivity index (χ1n) is 11.4. The van der Waals surface area contributed by atoms with E-state index in [1.807, 2.05) is 13.1 Å². The summed E-state index contributed by atoms with van der Waals surface area (Å²) in [5.41, 5.74) is 6.65. The highest BCUT2D eigenvalue weighted by molar-refractivity contribution is 5.82. The minimum Gasteiger partial charge on any atom is -0.369 e. The molecule has 2 heterocycles. The van der Waals surface area contributed by atoms with Gasteiger partial charge in [0.25, 0.3) is 0 Å². The van der Waals surface area contributed by atoms with Crippen LogP contribution in [0.4, 0.5) is 5.82 Å². The van der Waals surface area contributed by atoms with Crippen LogP contribution >= 0.6 is 0 Å². The summed E-state index contributed by atoms with van der Waals surface area (Å²) in [6.07, 6.45) is 6.88. The first-order chi connectivity index (χ1) is 14.4. The van der Waals surface area contributed by atoms with Crippen LogP contribution in [-0.4, -0.2) is 60.5 Å². The van der Waals surface area contributed by atoms with Crippen LogP contribution in [-0.2, 0) is 9.59 Å². The second-order valence-electron chi connectivity index (χ2n) is 10.2. The van der Waals surface area contributed by atoms with E-state index in [1.54, 1.807) is 0 Å². The van der Waals surface area contributed by atoms with Gasteiger partial charge in [0.05, 0.1) is 6.54 Å². The zero-order valence-corrected chi connectivity index (χ0v) is 17.8. The van der Waals surface area contributed by atoms with Crippen molar-refractivity contribution in [2.45, 2.75) is 45.1 Å². The summed E-state index contributed by atoms with van der Waals surface area (Å²) in [6.45, 7) is 6.02. The summed E-state index contributed by atoms with van der Waals surface area (Å²) in [4.78, 5) is 34.0. The van der Waals surface area contributed by atoms with Gasteiger partial charge in [-0.3, -0.25) is 14.5 Å². The Kier molecular flexibility index (Phi) is 4.96. The predicted molar refractivity (Wildman–Crippen MR) is 115 cm³/mol. The van der Waals surface area contributed by atoms with Crippen LogP contribution in [0, 0.1) is 30.1 Å². The largest absolute Gasteiger partial charge is 0.369 e. The molecule has 0 aromatic carbocycles. The Morgan fingerprint density at radius 2 is 1.83 bits per heavy atom. The highest BCUT2D eigenvalue weighted by Crippen LogP contribution is 2.59. The van der Waals surface area contributed by atoms with Crippen molar-refractivity contribution in [1.82, 2.24) is 15.2 Å². The zero-order valence-electron chi connectivity index (χ0n) is 17.8. The fourth-order valence-electron chi connectivity index (χ4n) is 6.78. The van der Waals surface area contributed by atoms with E-state index in [9.17, 15) is 9.59 Å². The lowest BCUT2D eigenvalue weighted by molar-refractivity contribution is -0.147. The number of pyridine rings is 1. The van der Waals surface area contributed by atoms with E-state index in [-0.39, 0.29) is 23.3 Å². The van der Waals surface area contributed by atoms with Crippen LogP contribution in [0.15, 0.2) is 18.3 Å². The Morgan fingerprint density at radius 3 is 2.43 bits per heavy atom. The topological polar surface area (TPSA) is 91.6 Å². The number of aromatic nitrogens is 1. The van der Waals surface area contributed by atoms with E-state index in [2.05, 4.69) is 32.2 Å². The standard InChI is InChI=1S/C23H33N5O2/c1-15-2-3-19(25-13-15)28-6-4-27(5-7-28)14-20(29)26-21-17-8-16-9-18(21)12-23(10-16,11-17)22(24)30/h2-3,13,16-18,21H,4-12,14H2,1H3,(H2,24,30)(H,26,29)/t16?,17?,18?,21-,23+. The fourth-order valence-corrected chi connectivity index (χ4v) is 6.78. The van der Waals surface area contributed by atoms with Crippen LogP contribution in [0.1, 0.15) is 37.7 Å². The number of rotatable bonds is 5. The number of nitrogens with zero attached hydrogens (tertiary/aromatic N) is 3. The maximum Gasteiger partial charge on any atom is 0.234 e. The average molecular weight is 412 g/mol. The number of nitrogens with one attached hydrogen (secondary N) is 1. The van der Waals surface area contributed by atoms with Crippen molar-refractivity contribution >= 4 is 17.6 Å². The van der Waals surface area contributed by atoms with Gasteiger partial charge in [-0.2, -0.15) is 0 Å². The predicted octanol–water partition coefficient (Wildman–Crippen LogP) is 1.31. The van der Waals surface area contributed by atoms with Crippen molar-refractivity contribution in [3.63, 3.8) is 0 Å². The third-order valence-electron chi connectivity index (χ3n) is 8.08. The Morgan fingerprint density at radius 1 is 1.13 bits per heavy atom. The quantitative estimate of drug-likeness (QED) is 0.762. The number of primary amides is 1. The van der Waals surface area contributed by atoms with Gasteiger partial charge in [-0.25, -0.2) is 4.98 Å². The molecule has 5 aliphatic rings. The normalized spacial score (nSPS) is 35.4. The summed E-state index contributed by atoms with van der Waals surface area (Å²) in [5, 5.41) is 3.36. The molecule has 2 unspecified atom stereocenters. The Hall–Kier alpha value is -2.15. The van der Waals surface area contributed by atoms with Crippen molar-refractivity contribution < 1.29 is 9.59 Å². The van der Waals surface area contributed by atoms with Crippen LogP contribution in [0.2, 0.25) is 0 Å². The van der Waals surface area contributed by atoms with Gasteiger partial charge in [0, 0.05) is 43.8 Å². The van der Waals surface area contributed by atoms with Gasteiger partial charge in [-0.1, -0.05) is 6.07 Å².